The van der Waals surface area contributed by atoms with Crippen LogP contribution in [0.15, 0.2) is 18.2 Å². The second kappa shape index (κ2) is 7.17. The number of aryl methyl sites for hydroxylation is 2. The maximum atomic E-state index is 12.8. The van der Waals surface area contributed by atoms with Crippen LogP contribution in [0.4, 0.5) is 0 Å². The third-order valence-corrected chi connectivity index (χ3v) is 4.73. The first-order chi connectivity index (χ1) is 12.0. The molecule has 0 spiro atoms. The van der Waals surface area contributed by atoms with Gasteiger partial charge in [0, 0.05) is 37.0 Å². The maximum Gasteiger partial charge on any atom is 0.227 e. The second-order valence-corrected chi connectivity index (χ2v) is 6.30. The quantitative estimate of drug-likeness (QED) is 0.836. The minimum atomic E-state index is 0.0935. The zero-order valence-corrected chi connectivity index (χ0v) is 15.3. The molecule has 0 N–H and O–H groups in total. The highest BCUT2D eigenvalue weighted by atomic mass is 16.6. The fraction of sp³-hybridized carbons (Fsp3) is 0.474. The maximum absolute atomic E-state index is 12.8. The lowest BCUT2D eigenvalue weighted by Crippen LogP contribution is -2.32. The Bertz CT molecular complexity index is 782. The van der Waals surface area contributed by atoms with E-state index in [9.17, 15) is 4.79 Å². The lowest BCUT2D eigenvalue weighted by Gasteiger charge is -2.25. The molecule has 0 unspecified atom stereocenters. The van der Waals surface area contributed by atoms with Crippen LogP contribution in [0, 0.1) is 13.8 Å². The van der Waals surface area contributed by atoms with Crippen LogP contribution in [0.5, 0.6) is 11.5 Å². The average Bonchev–Trinajstić information content (AvgIpc) is 2.85. The first kappa shape index (κ1) is 17.3. The Kier molecular flexibility index (Phi) is 4.97. The molecule has 0 fully saturated rings. The third-order valence-electron chi connectivity index (χ3n) is 4.73. The predicted octanol–water partition coefficient (Wildman–Crippen LogP) is 2.40. The topological polar surface area (TPSA) is 56.6 Å². The zero-order valence-electron chi connectivity index (χ0n) is 15.3. The number of aromatic nitrogens is 2. The van der Waals surface area contributed by atoms with E-state index in [2.05, 4.69) is 5.10 Å². The van der Waals surface area contributed by atoms with E-state index in [0.29, 0.717) is 32.7 Å². The molecule has 2 aromatic rings. The van der Waals surface area contributed by atoms with Gasteiger partial charge in [0.15, 0.2) is 11.5 Å². The highest BCUT2D eigenvalue weighted by molar-refractivity contribution is 5.79. The molecule has 134 valence electrons. The molecular formula is C19H25N3O3. The second-order valence-electron chi connectivity index (χ2n) is 6.30. The van der Waals surface area contributed by atoms with Crippen LogP contribution in [0.25, 0.3) is 0 Å². The van der Waals surface area contributed by atoms with Gasteiger partial charge in [0.25, 0.3) is 0 Å². The standard InChI is InChI=1S/C19H25N3O3/c1-5-22(18(23)11-16-13(2)20-21(4)14(16)3)12-15-7-6-8-17-19(15)25-10-9-24-17/h6-8H,5,9-12H2,1-4H3. The normalized spacial score (nSPS) is 13.0. The Morgan fingerprint density at radius 3 is 2.72 bits per heavy atom. The van der Waals surface area contributed by atoms with Gasteiger partial charge in [-0.15, -0.1) is 0 Å². The van der Waals surface area contributed by atoms with Crippen molar-refractivity contribution in [3.05, 3.63) is 40.7 Å². The molecule has 0 radical (unpaired) electrons. The van der Waals surface area contributed by atoms with Crippen LogP contribution < -0.4 is 9.47 Å². The van der Waals surface area contributed by atoms with Crippen molar-refractivity contribution in [2.75, 3.05) is 19.8 Å². The van der Waals surface area contributed by atoms with Crippen LogP contribution in [0.2, 0.25) is 0 Å². The number of nitrogens with zero attached hydrogens (tertiary/aromatic N) is 3. The molecule has 2 heterocycles. The fourth-order valence-electron chi connectivity index (χ4n) is 3.18. The Balaban J connectivity index is 1.78. The fourth-order valence-corrected chi connectivity index (χ4v) is 3.18. The van der Waals surface area contributed by atoms with Gasteiger partial charge >= 0.3 is 0 Å². The minimum Gasteiger partial charge on any atom is -0.486 e. The molecule has 0 saturated carbocycles. The van der Waals surface area contributed by atoms with E-state index in [0.717, 1.165) is 34.0 Å². The summed E-state index contributed by atoms with van der Waals surface area (Å²) in [6, 6.07) is 5.83. The van der Waals surface area contributed by atoms with Gasteiger partial charge < -0.3 is 14.4 Å². The molecule has 1 aromatic carbocycles. The van der Waals surface area contributed by atoms with Crippen molar-refractivity contribution in [2.45, 2.75) is 33.7 Å². The molecule has 1 aliphatic heterocycles. The number of rotatable bonds is 5. The number of likely N-dealkylation sites (N-methyl/N-ethyl adjacent to an activating group) is 1. The Hall–Kier alpha value is -2.50. The molecular weight excluding hydrogens is 318 g/mol. The number of fused-ring (bicyclic) bond motifs is 1. The number of hydrogen-bond donors (Lipinski definition) is 0. The first-order valence-corrected chi connectivity index (χ1v) is 8.65. The number of carbonyl (C=O) groups is 1. The number of benzene rings is 1. The lowest BCUT2D eigenvalue weighted by atomic mass is 10.1. The van der Waals surface area contributed by atoms with Gasteiger partial charge in [0.2, 0.25) is 5.91 Å². The molecule has 0 saturated heterocycles. The van der Waals surface area contributed by atoms with Gasteiger partial charge in [0.05, 0.1) is 12.1 Å². The summed E-state index contributed by atoms with van der Waals surface area (Å²) in [5, 5.41) is 4.40. The molecule has 6 nitrogen and oxygen atoms in total. The molecule has 6 heteroatoms. The monoisotopic (exact) mass is 343 g/mol. The van der Waals surface area contributed by atoms with Crippen molar-refractivity contribution >= 4 is 5.91 Å². The first-order valence-electron chi connectivity index (χ1n) is 8.65. The Labute approximate surface area is 148 Å². The largest absolute Gasteiger partial charge is 0.486 e. The lowest BCUT2D eigenvalue weighted by molar-refractivity contribution is -0.130. The molecule has 0 atom stereocenters. The SMILES string of the molecule is CCN(Cc1cccc2c1OCCO2)C(=O)Cc1c(C)nn(C)c1C. The van der Waals surface area contributed by atoms with Crippen molar-refractivity contribution in [1.82, 2.24) is 14.7 Å². The van der Waals surface area contributed by atoms with Crippen molar-refractivity contribution in [3.8, 4) is 11.5 Å². The number of ether oxygens (including phenoxy) is 2. The van der Waals surface area contributed by atoms with Gasteiger partial charge in [-0.05, 0) is 26.8 Å². The number of para-hydroxylation sites is 1. The molecule has 1 amide bonds. The molecule has 3 rings (SSSR count). The summed E-state index contributed by atoms with van der Waals surface area (Å²) in [5.74, 6) is 1.61. The van der Waals surface area contributed by atoms with E-state index in [1.165, 1.54) is 0 Å². The summed E-state index contributed by atoms with van der Waals surface area (Å²) in [6.07, 6.45) is 0.367. The van der Waals surface area contributed by atoms with Crippen LogP contribution in [0.1, 0.15) is 29.4 Å². The van der Waals surface area contributed by atoms with Crippen molar-refractivity contribution in [3.63, 3.8) is 0 Å². The highest BCUT2D eigenvalue weighted by Gasteiger charge is 2.21. The van der Waals surface area contributed by atoms with E-state index in [1.807, 2.05) is 55.6 Å². The van der Waals surface area contributed by atoms with Crippen LogP contribution >= 0.6 is 0 Å². The molecule has 1 aromatic heterocycles. The molecule has 0 bridgehead atoms. The third kappa shape index (κ3) is 3.48. The van der Waals surface area contributed by atoms with E-state index >= 15 is 0 Å². The summed E-state index contributed by atoms with van der Waals surface area (Å²) in [7, 11) is 1.90. The summed E-state index contributed by atoms with van der Waals surface area (Å²) < 4.78 is 13.2. The van der Waals surface area contributed by atoms with Gasteiger partial charge in [-0.3, -0.25) is 9.48 Å². The predicted molar refractivity (Wildman–Crippen MR) is 94.9 cm³/mol. The van der Waals surface area contributed by atoms with E-state index in [1.54, 1.807) is 0 Å². The van der Waals surface area contributed by atoms with Crippen molar-refractivity contribution < 1.29 is 14.3 Å². The van der Waals surface area contributed by atoms with Crippen LogP contribution in [-0.2, 0) is 24.8 Å². The summed E-state index contributed by atoms with van der Waals surface area (Å²) in [5.41, 5.74) is 3.95. The smallest absolute Gasteiger partial charge is 0.227 e. The van der Waals surface area contributed by atoms with Crippen LogP contribution in [-0.4, -0.2) is 40.3 Å². The van der Waals surface area contributed by atoms with E-state index in [4.69, 9.17) is 9.47 Å². The molecule has 1 aliphatic rings. The van der Waals surface area contributed by atoms with Gasteiger partial charge in [-0.25, -0.2) is 0 Å². The van der Waals surface area contributed by atoms with Gasteiger partial charge in [0.1, 0.15) is 13.2 Å². The van der Waals surface area contributed by atoms with Crippen molar-refractivity contribution in [2.24, 2.45) is 7.05 Å². The van der Waals surface area contributed by atoms with Gasteiger partial charge in [-0.1, -0.05) is 12.1 Å². The van der Waals surface area contributed by atoms with Crippen LogP contribution in [0.3, 0.4) is 0 Å². The number of amides is 1. The Morgan fingerprint density at radius 1 is 1.28 bits per heavy atom. The Morgan fingerprint density at radius 2 is 2.04 bits per heavy atom. The highest BCUT2D eigenvalue weighted by Crippen LogP contribution is 2.34. The number of carbonyl (C=O) groups excluding carboxylic acids is 1. The average molecular weight is 343 g/mol. The molecule has 25 heavy (non-hydrogen) atoms. The number of hydrogen-bond acceptors (Lipinski definition) is 4. The van der Waals surface area contributed by atoms with Crippen molar-refractivity contribution in [1.29, 1.82) is 0 Å². The minimum absolute atomic E-state index is 0.0935. The zero-order chi connectivity index (χ0) is 18.0. The summed E-state index contributed by atoms with van der Waals surface area (Å²) in [4.78, 5) is 14.7. The molecule has 0 aliphatic carbocycles. The van der Waals surface area contributed by atoms with Gasteiger partial charge in [-0.2, -0.15) is 5.10 Å². The summed E-state index contributed by atoms with van der Waals surface area (Å²) in [6.45, 7) is 8.20. The summed E-state index contributed by atoms with van der Waals surface area (Å²) >= 11 is 0. The van der Waals surface area contributed by atoms with E-state index < -0.39 is 0 Å². The van der Waals surface area contributed by atoms with E-state index in [-0.39, 0.29) is 5.91 Å².